The first-order valence-corrected chi connectivity index (χ1v) is 8.87. The molecular weight excluding hydrogens is 330 g/mol. The van der Waals surface area contributed by atoms with Crippen LogP contribution < -0.4 is 10.6 Å². The van der Waals surface area contributed by atoms with Gasteiger partial charge in [-0.3, -0.25) is 15.0 Å². The van der Waals surface area contributed by atoms with Crippen molar-refractivity contribution in [3.8, 4) is 22.1 Å². The van der Waals surface area contributed by atoms with Gasteiger partial charge in [-0.25, -0.2) is 9.97 Å². The monoisotopic (exact) mass is 343 g/mol. The molecule has 1 aliphatic rings. The van der Waals surface area contributed by atoms with Gasteiger partial charge in [0.05, 0.1) is 6.20 Å². The lowest BCUT2D eigenvalue weighted by Gasteiger charge is -2.13. The third-order valence-corrected chi connectivity index (χ3v) is 4.80. The van der Waals surface area contributed by atoms with Crippen LogP contribution in [0.25, 0.3) is 22.1 Å². The summed E-state index contributed by atoms with van der Waals surface area (Å²) in [6.45, 7) is 1.79. The Labute approximate surface area is 140 Å². The molecule has 4 heterocycles. The second-order valence-electron chi connectivity index (χ2n) is 4.80. The van der Waals surface area contributed by atoms with Crippen LogP contribution in [0.5, 0.6) is 0 Å². The molecule has 0 amide bonds. The number of thiazole rings is 2. The summed E-state index contributed by atoms with van der Waals surface area (Å²) in [7, 11) is 0. The molecule has 1 aliphatic heterocycles. The van der Waals surface area contributed by atoms with Crippen molar-refractivity contribution in [2.75, 3.05) is 18.4 Å². The van der Waals surface area contributed by atoms with Crippen molar-refractivity contribution in [1.29, 1.82) is 0 Å². The van der Waals surface area contributed by atoms with Gasteiger partial charge in [-0.15, -0.1) is 22.7 Å². The summed E-state index contributed by atoms with van der Waals surface area (Å²) in [6, 6.07) is 0. The molecule has 0 aromatic carbocycles. The first-order valence-electron chi connectivity index (χ1n) is 7.12. The molecule has 3 aromatic heterocycles. The lowest BCUT2D eigenvalue weighted by Crippen LogP contribution is -2.35. The van der Waals surface area contributed by atoms with Crippen LogP contribution in [0.2, 0.25) is 0 Å². The van der Waals surface area contributed by atoms with E-state index in [4.69, 9.17) is 0 Å². The van der Waals surface area contributed by atoms with Gasteiger partial charge in [0, 0.05) is 36.2 Å². The zero-order valence-electron chi connectivity index (χ0n) is 12.1. The highest BCUT2D eigenvalue weighted by Gasteiger charge is 2.12. The average Bonchev–Trinajstić information content (AvgIpc) is 3.26. The van der Waals surface area contributed by atoms with Gasteiger partial charge < -0.3 is 10.6 Å². The molecule has 0 radical (unpaired) electrons. The topological polar surface area (TPSA) is 88.0 Å². The molecule has 0 aliphatic carbocycles. The first kappa shape index (κ1) is 14.2. The maximum atomic E-state index is 4.60. The molecule has 4 rings (SSSR count). The molecule has 0 spiro atoms. The van der Waals surface area contributed by atoms with Crippen LogP contribution in [0.1, 0.15) is 6.42 Å². The van der Waals surface area contributed by atoms with E-state index in [2.05, 4.69) is 35.6 Å². The fraction of sp³-hybridized carbons (Fsp3) is 0.214. The van der Waals surface area contributed by atoms with E-state index in [9.17, 15) is 0 Å². The normalized spacial score (nSPS) is 14.2. The van der Waals surface area contributed by atoms with Crippen LogP contribution in [-0.2, 0) is 0 Å². The molecule has 0 saturated heterocycles. The highest BCUT2D eigenvalue weighted by Crippen LogP contribution is 2.29. The number of guanidine groups is 1. The Balaban J connectivity index is 1.53. The summed E-state index contributed by atoms with van der Waals surface area (Å²) < 4.78 is 0. The molecule has 0 bridgehead atoms. The van der Waals surface area contributed by atoms with E-state index in [1.54, 1.807) is 18.6 Å². The lowest BCUT2D eigenvalue weighted by molar-refractivity contribution is 0.740. The number of nitrogens with zero attached hydrogens (tertiary/aromatic N) is 5. The minimum absolute atomic E-state index is 0.776. The number of anilines is 1. The van der Waals surface area contributed by atoms with Crippen molar-refractivity contribution in [3.63, 3.8) is 0 Å². The van der Waals surface area contributed by atoms with Gasteiger partial charge in [-0.2, -0.15) is 0 Å². The van der Waals surface area contributed by atoms with Crippen LogP contribution >= 0.6 is 22.7 Å². The summed E-state index contributed by atoms with van der Waals surface area (Å²) in [4.78, 5) is 21.9. The largest absolute Gasteiger partial charge is 0.356 e. The summed E-state index contributed by atoms with van der Waals surface area (Å²) >= 11 is 3.07. The zero-order valence-corrected chi connectivity index (χ0v) is 13.7. The number of rotatable bonds is 3. The standard InChI is InChI=1S/C14H13N7S2/c1-2-17-13(18-3-1)21-14-20-11(8-23-14)10-7-22-12(19-10)9-6-15-4-5-16-9/h4-8H,1-3H2,(H2,17,18,20,21). The number of aliphatic imine (C=N–C) groups is 1. The van der Waals surface area contributed by atoms with Gasteiger partial charge in [-0.1, -0.05) is 0 Å². The van der Waals surface area contributed by atoms with Crippen LogP contribution in [0, 0.1) is 0 Å². The highest BCUT2D eigenvalue weighted by molar-refractivity contribution is 7.14. The maximum Gasteiger partial charge on any atom is 0.197 e. The first-order chi connectivity index (χ1) is 11.4. The molecule has 2 N–H and O–H groups in total. The summed E-state index contributed by atoms with van der Waals surface area (Å²) in [5, 5.41) is 12.0. The van der Waals surface area contributed by atoms with Gasteiger partial charge in [-0.05, 0) is 6.42 Å². The van der Waals surface area contributed by atoms with Crippen molar-refractivity contribution >= 4 is 33.8 Å². The van der Waals surface area contributed by atoms with Crippen LogP contribution in [0.4, 0.5) is 5.13 Å². The van der Waals surface area contributed by atoms with E-state index in [1.807, 2.05) is 10.8 Å². The highest BCUT2D eigenvalue weighted by atomic mass is 32.1. The predicted octanol–water partition coefficient (Wildman–Crippen LogP) is 2.48. The quantitative estimate of drug-likeness (QED) is 0.760. The summed E-state index contributed by atoms with van der Waals surface area (Å²) in [6.07, 6.45) is 6.10. The van der Waals surface area contributed by atoms with Crippen LogP contribution in [0.3, 0.4) is 0 Å². The van der Waals surface area contributed by atoms with E-state index in [0.29, 0.717) is 0 Å². The van der Waals surface area contributed by atoms with E-state index in [-0.39, 0.29) is 0 Å². The van der Waals surface area contributed by atoms with Crippen molar-refractivity contribution in [1.82, 2.24) is 25.3 Å². The Morgan fingerprint density at radius 2 is 1.96 bits per heavy atom. The molecule has 7 nitrogen and oxygen atoms in total. The minimum Gasteiger partial charge on any atom is -0.356 e. The van der Waals surface area contributed by atoms with E-state index in [0.717, 1.165) is 52.7 Å². The number of hydrogen-bond acceptors (Lipinski definition) is 9. The molecule has 23 heavy (non-hydrogen) atoms. The minimum atomic E-state index is 0.776. The Morgan fingerprint density at radius 1 is 1.04 bits per heavy atom. The number of aromatic nitrogens is 4. The fourth-order valence-corrected chi connectivity index (χ4v) is 3.56. The van der Waals surface area contributed by atoms with E-state index >= 15 is 0 Å². The Bertz CT molecular complexity index is 825. The molecule has 0 atom stereocenters. The third-order valence-electron chi connectivity index (χ3n) is 3.18. The predicted molar refractivity (Wildman–Crippen MR) is 92.8 cm³/mol. The Hall–Kier alpha value is -2.39. The van der Waals surface area contributed by atoms with Gasteiger partial charge in [0.15, 0.2) is 11.1 Å². The van der Waals surface area contributed by atoms with Crippen LogP contribution in [-0.4, -0.2) is 39.0 Å². The summed E-state index contributed by atoms with van der Waals surface area (Å²) in [5.74, 6) is 0.788. The van der Waals surface area contributed by atoms with Crippen molar-refractivity contribution in [3.05, 3.63) is 29.4 Å². The molecule has 116 valence electrons. The van der Waals surface area contributed by atoms with E-state index < -0.39 is 0 Å². The van der Waals surface area contributed by atoms with Gasteiger partial charge >= 0.3 is 0 Å². The number of hydrogen-bond donors (Lipinski definition) is 2. The van der Waals surface area contributed by atoms with Gasteiger partial charge in [0.1, 0.15) is 22.1 Å². The molecule has 3 aromatic rings. The molecule has 0 saturated carbocycles. The second-order valence-corrected chi connectivity index (χ2v) is 6.52. The number of nitrogens with one attached hydrogen (secondary N) is 2. The SMILES string of the molecule is c1cnc(-c2nc(-c3csc(NC4=NCCCN4)n3)cs2)cn1. The van der Waals surface area contributed by atoms with Crippen molar-refractivity contribution in [2.45, 2.75) is 6.42 Å². The Morgan fingerprint density at radius 3 is 2.78 bits per heavy atom. The third kappa shape index (κ3) is 3.20. The van der Waals surface area contributed by atoms with Gasteiger partial charge in [0.2, 0.25) is 0 Å². The van der Waals surface area contributed by atoms with E-state index in [1.165, 1.54) is 22.7 Å². The molecule has 0 fully saturated rings. The second kappa shape index (κ2) is 6.39. The molecule has 0 unspecified atom stereocenters. The average molecular weight is 343 g/mol. The zero-order chi connectivity index (χ0) is 15.5. The maximum absolute atomic E-state index is 4.60. The van der Waals surface area contributed by atoms with Crippen molar-refractivity contribution in [2.24, 2.45) is 4.99 Å². The Kier molecular flexibility index (Phi) is 3.95. The molecular formula is C14H13N7S2. The smallest absolute Gasteiger partial charge is 0.197 e. The lowest BCUT2D eigenvalue weighted by atomic mass is 10.4. The van der Waals surface area contributed by atoms with Crippen LogP contribution in [0.15, 0.2) is 34.3 Å². The molecule has 9 heteroatoms. The van der Waals surface area contributed by atoms with Gasteiger partial charge in [0.25, 0.3) is 0 Å². The van der Waals surface area contributed by atoms with Crippen molar-refractivity contribution < 1.29 is 0 Å². The summed E-state index contributed by atoms with van der Waals surface area (Å²) in [5.41, 5.74) is 2.47. The fourth-order valence-electron chi connectivity index (χ4n) is 2.08.